The molecule has 0 aromatic rings. The second-order valence-corrected chi connectivity index (χ2v) is 6.22. The topological polar surface area (TPSA) is 32.3 Å². The minimum absolute atomic E-state index is 0.100. The number of nitrogens with one attached hydrogen (secondary N) is 1. The van der Waals surface area contributed by atoms with Gasteiger partial charge in [-0.2, -0.15) is 0 Å². The van der Waals surface area contributed by atoms with Crippen LogP contribution in [0.25, 0.3) is 0 Å². The van der Waals surface area contributed by atoms with Crippen molar-refractivity contribution in [3.8, 4) is 0 Å². The Hall–Kier alpha value is -0.570. The molecule has 2 saturated carbocycles. The van der Waals surface area contributed by atoms with Gasteiger partial charge in [0, 0.05) is 12.6 Å². The van der Waals surface area contributed by atoms with Crippen LogP contribution in [0.1, 0.15) is 45.4 Å². The number of nitrogens with zero attached hydrogens (tertiary/aromatic N) is 1. The Morgan fingerprint density at radius 3 is 2.59 bits per heavy atom. The van der Waals surface area contributed by atoms with E-state index in [4.69, 9.17) is 0 Å². The molecule has 3 rings (SSSR count). The monoisotopic (exact) mass is 236 g/mol. The van der Waals surface area contributed by atoms with Gasteiger partial charge >= 0.3 is 0 Å². The van der Waals surface area contributed by atoms with Gasteiger partial charge < -0.3 is 10.2 Å². The first-order chi connectivity index (χ1) is 8.25. The molecule has 1 aliphatic heterocycles. The van der Waals surface area contributed by atoms with E-state index < -0.39 is 0 Å². The summed E-state index contributed by atoms with van der Waals surface area (Å²) in [6.45, 7) is 4.27. The summed E-state index contributed by atoms with van der Waals surface area (Å²) in [7, 11) is 0. The highest BCUT2D eigenvalue weighted by Gasteiger charge is 2.40. The summed E-state index contributed by atoms with van der Waals surface area (Å²) in [5.41, 5.74) is 0. The Labute approximate surface area is 104 Å². The van der Waals surface area contributed by atoms with Crippen LogP contribution in [0.4, 0.5) is 0 Å². The largest absolute Gasteiger partial charge is 0.338 e. The molecular formula is C14H24N2O. The Morgan fingerprint density at radius 1 is 1.24 bits per heavy atom. The van der Waals surface area contributed by atoms with Gasteiger partial charge in [-0.3, -0.25) is 4.79 Å². The number of hydrogen-bond donors (Lipinski definition) is 1. The maximum atomic E-state index is 12.6. The van der Waals surface area contributed by atoms with Crippen molar-refractivity contribution in [1.82, 2.24) is 10.2 Å². The van der Waals surface area contributed by atoms with E-state index in [0.29, 0.717) is 17.9 Å². The van der Waals surface area contributed by atoms with Crippen molar-refractivity contribution in [2.45, 2.75) is 57.5 Å². The molecule has 2 aliphatic carbocycles. The van der Waals surface area contributed by atoms with Gasteiger partial charge in [0.15, 0.2) is 0 Å². The fourth-order valence-electron chi connectivity index (χ4n) is 2.94. The zero-order valence-electron chi connectivity index (χ0n) is 10.8. The van der Waals surface area contributed by atoms with Crippen LogP contribution >= 0.6 is 0 Å². The van der Waals surface area contributed by atoms with Crippen LogP contribution < -0.4 is 5.32 Å². The maximum absolute atomic E-state index is 12.6. The van der Waals surface area contributed by atoms with E-state index in [1.807, 2.05) is 0 Å². The molecule has 17 heavy (non-hydrogen) atoms. The van der Waals surface area contributed by atoms with E-state index in [-0.39, 0.29) is 6.04 Å². The molecule has 0 radical (unpaired) electrons. The fourth-order valence-corrected chi connectivity index (χ4v) is 2.94. The number of amides is 1. The highest BCUT2D eigenvalue weighted by Crippen LogP contribution is 2.35. The zero-order chi connectivity index (χ0) is 11.8. The molecule has 96 valence electrons. The third kappa shape index (κ3) is 2.65. The second kappa shape index (κ2) is 4.60. The molecule has 1 amide bonds. The predicted molar refractivity (Wildman–Crippen MR) is 67.6 cm³/mol. The van der Waals surface area contributed by atoms with E-state index >= 15 is 0 Å². The lowest BCUT2D eigenvalue weighted by atomic mass is 9.91. The summed E-state index contributed by atoms with van der Waals surface area (Å²) in [4.78, 5) is 14.8. The van der Waals surface area contributed by atoms with Crippen molar-refractivity contribution in [3.63, 3.8) is 0 Å². The molecule has 1 heterocycles. The predicted octanol–water partition coefficient (Wildman–Crippen LogP) is 1.78. The van der Waals surface area contributed by atoms with Gasteiger partial charge in [-0.05, 0) is 56.9 Å². The minimum atomic E-state index is 0.100. The highest BCUT2D eigenvalue weighted by molar-refractivity contribution is 5.83. The van der Waals surface area contributed by atoms with E-state index in [9.17, 15) is 4.79 Å². The van der Waals surface area contributed by atoms with Crippen LogP contribution in [0, 0.1) is 11.8 Å². The van der Waals surface area contributed by atoms with Gasteiger partial charge in [0.1, 0.15) is 0 Å². The summed E-state index contributed by atoms with van der Waals surface area (Å²) >= 11 is 0. The van der Waals surface area contributed by atoms with Gasteiger partial charge in [-0.25, -0.2) is 0 Å². The summed E-state index contributed by atoms with van der Waals surface area (Å²) in [6, 6.07) is 0.683. The zero-order valence-corrected chi connectivity index (χ0v) is 10.8. The highest BCUT2D eigenvalue weighted by atomic mass is 16.2. The normalized spacial score (nSPS) is 33.5. The third-order valence-electron chi connectivity index (χ3n) is 4.46. The average molecular weight is 236 g/mol. The Kier molecular flexibility index (Phi) is 3.12. The first kappa shape index (κ1) is 11.5. The fraction of sp³-hybridized carbons (Fsp3) is 0.929. The number of carbonyl (C=O) groups is 1. The van der Waals surface area contributed by atoms with E-state index in [2.05, 4.69) is 17.1 Å². The molecule has 0 bridgehead atoms. The molecule has 1 N–H and O–H groups in total. The quantitative estimate of drug-likeness (QED) is 0.807. The van der Waals surface area contributed by atoms with Crippen molar-refractivity contribution in [1.29, 1.82) is 0 Å². The lowest BCUT2D eigenvalue weighted by Gasteiger charge is -2.34. The summed E-state index contributed by atoms with van der Waals surface area (Å²) in [5, 5.41) is 3.43. The lowest BCUT2D eigenvalue weighted by Crippen LogP contribution is -2.53. The maximum Gasteiger partial charge on any atom is 0.240 e. The van der Waals surface area contributed by atoms with Crippen molar-refractivity contribution < 1.29 is 4.79 Å². The van der Waals surface area contributed by atoms with Crippen LogP contribution in [-0.4, -0.2) is 36.0 Å². The van der Waals surface area contributed by atoms with Crippen LogP contribution in [-0.2, 0) is 4.79 Å². The van der Waals surface area contributed by atoms with Crippen LogP contribution in [0.15, 0.2) is 0 Å². The molecule has 3 aliphatic rings. The van der Waals surface area contributed by atoms with Gasteiger partial charge in [0.05, 0.1) is 6.04 Å². The molecule has 0 aromatic heterocycles. The lowest BCUT2D eigenvalue weighted by molar-refractivity contribution is -0.136. The van der Waals surface area contributed by atoms with Crippen LogP contribution in [0.5, 0.6) is 0 Å². The average Bonchev–Trinajstić information content (AvgIpc) is 3.17. The van der Waals surface area contributed by atoms with Crippen molar-refractivity contribution in [2.24, 2.45) is 11.8 Å². The SMILES string of the molecule is CC1CCCNC1C(=O)N(CC1CC1)C1CC1. The first-order valence-corrected chi connectivity index (χ1v) is 7.29. The number of carbonyl (C=O) groups excluding carboxylic acids is 1. The molecule has 2 unspecified atom stereocenters. The molecule has 0 aromatic carbocycles. The number of piperidine rings is 1. The molecule has 2 atom stereocenters. The Balaban J connectivity index is 1.64. The van der Waals surface area contributed by atoms with Crippen molar-refractivity contribution in [3.05, 3.63) is 0 Å². The van der Waals surface area contributed by atoms with Crippen LogP contribution in [0.2, 0.25) is 0 Å². The third-order valence-corrected chi connectivity index (χ3v) is 4.46. The van der Waals surface area contributed by atoms with Crippen molar-refractivity contribution >= 4 is 5.91 Å². The number of hydrogen-bond acceptors (Lipinski definition) is 2. The standard InChI is InChI=1S/C14H24N2O/c1-10-3-2-8-15-13(10)14(17)16(12-6-7-12)9-11-4-5-11/h10-13,15H,2-9H2,1H3. The molecular weight excluding hydrogens is 212 g/mol. The first-order valence-electron chi connectivity index (χ1n) is 7.29. The van der Waals surface area contributed by atoms with Crippen molar-refractivity contribution in [2.75, 3.05) is 13.1 Å². The van der Waals surface area contributed by atoms with Gasteiger partial charge in [0.2, 0.25) is 5.91 Å². The minimum Gasteiger partial charge on any atom is -0.338 e. The van der Waals surface area contributed by atoms with E-state index in [1.165, 1.54) is 38.5 Å². The van der Waals surface area contributed by atoms with E-state index in [1.54, 1.807) is 0 Å². The molecule has 3 fully saturated rings. The smallest absolute Gasteiger partial charge is 0.240 e. The molecule has 3 nitrogen and oxygen atoms in total. The summed E-state index contributed by atoms with van der Waals surface area (Å²) in [5.74, 6) is 1.72. The summed E-state index contributed by atoms with van der Waals surface area (Å²) in [6.07, 6.45) is 7.57. The number of rotatable bonds is 4. The van der Waals surface area contributed by atoms with Gasteiger partial charge in [-0.1, -0.05) is 6.92 Å². The molecule has 0 spiro atoms. The summed E-state index contributed by atoms with van der Waals surface area (Å²) < 4.78 is 0. The van der Waals surface area contributed by atoms with E-state index in [0.717, 1.165) is 19.0 Å². The Bertz CT molecular complexity index is 297. The van der Waals surface area contributed by atoms with Crippen LogP contribution in [0.3, 0.4) is 0 Å². The Morgan fingerprint density at radius 2 is 2.00 bits per heavy atom. The van der Waals surface area contributed by atoms with Gasteiger partial charge in [0.25, 0.3) is 0 Å². The van der Waals surface area contributed by atoms with Gasteiger partial charge in [-0.15, -0.1) is 0 Å². The second-order valence-electron chi connectivity index (χ2n) is 6.22. The molecule has 1 saturated heterocycles. The molecule has 3 heteroatoms.